The molecule has 3 heteroatoms. The van der Waals surface area contributed by atoms with Crippen molar-refractivity contribution in [1.29, 1.82) is 0 Å². The minimum absolute atomic E-state index is 0.380. The Labute approximate surface area is 86.7 Å². The van der Waals surface area contributed by atoms with Crippen molar-refractivity contribution in [3.63, 3.8) is 0 Å². The van der Waals surface area contributed by atoms with E-state index in [-0.39, 0.29) is 0 Å². The Bertz CT molecular complexity index is 182. The third-order valence-corrected chi connectivity index (χ3v) is 2.29. The van der Waals surface area contributed by atoms with E-state index in [0.29, 0.717) is 6.10 Å². The van der Waals surface area contributed by atoms with Gasteiger partial charge in [0.05, 0.1) is 25.1 Å². The fourth-order valence-electron chi connectivity index (χ4n) is 1.63. The molecule has 1 rings (SSSR count). The van der Waals surface area contributed by atoms with E-state index < -0.39 is 0 Å². The standard InChI is InChI=1S/C11H21NO2/c1-10(2)13-7-4-5-12-6-8-14-11(3)9-12/h11H,1,4-9H2,2-3H3. The maximum Gasteiger partial charge on any atom is 0.0889 e. The van der Waals surface area contributed by atoms with Crippen LogP contribution in [0.25, 0.3) is 0 Å². The summed E-state index contributed by atoms with van der Waals surface area (Å²) >= 11 is 0. The summed E-state index contributed by atoms with van der Waals surface area (Å²) in [4.78, 5) is 2.43. The summed E-state index contributed by atoms with van der Waals surface area (Å²) in [5, 5.41) is 0. The smallest absolute Gasteiger partial charge is 0.0889 e. The molecule has 0 aromatic rings. The number of hydrogen-bond acceptors (Lipinski definition) is 3. The highest BCUT2D eigenvalue weighted by atomic mass is 16.5. The molecule has 1 atom stereocenters. The first-order valence-electron chi connectivity index (χ1n) is 5.31. The van der Waals surface area contributed by atoms with Crippen molar-refractivity contribution in [3.8, 4) is 0 Å². The van der Waals surface area contributed by atoms with Crippen molar-refractivity contribution < 1.29 is 9.47 Å². The predicted molar refractivity (Wildman–Crippen MR) is 57.2 cm³/mol. The number of nitrogens with zero attached hydrogens (tertiary/aromatic N) is 1. The molecule has 0 saturated carbocycles. The van der Waals surface area contributed by atoms with Crippen molar-refractivity contribution >= 4 is 0 Å². The van der Waals surface area contributed by atoms with Crippen molar-refractivity contribution in [2.45, 2.75) is 26.4 Å². The first kappa shape index (κ1) is 11.5. The zero-order chi connectivity index (χ0) is 10.4. The Morgan fingerprint density at radius 2 is 2.43 bits per heavy atom. The molecule has 0 N–H and O–H groups in total. The molecule has 1 heterocycles. The van der Waals surface area contributed by atoms with Gasteiger partial charge in [0.1, 0.15) is 0 Å². The summed E-state index contributed by atoms with van der Waals surface area (Å²) in [7, 11) is 0. The van der Waals surface area contributed by atoms with E-state index in [2.05, 4.69) is 18.4 Å². The zero-order valence-corrected chi connectivity index (χ0v) is 9.29. The van der Waals surface area contributed by atoms with Crippen molar-refractivity contribution in [2.75, 3.05) is 32.8 Å². The van der Waals surface area contributed by atoms with Gasteiger partial charge in [0.15, 0.2) is 0 Å². The average molecular weight is 199 g/mol. The van der Waals surface area contributed by atoms with Gasteiger partial charge >= 0.3 is 0 Å². The van der Waals surface area contributed by atoms with Crippen LogP contribution in [-0.2, 0) is 9.47 Å². The fourth-order valence-corrected chi connectivity index (χ4v) is 1.63. The van der Waals surface area contributed by atoms with E-state index in [1.165, 1.54) is 0 Å². The van der Waals surface area contributed by atoms with Crippen LogP contribution < -0.4 is 0 Å². The van der Waals surface area contributed by atoms with Gasteiger partial charge in [0.25, 0.3) is 0 Å². The molecule has 0 aliphatic carbocycles. The zero-order valence-electron chi connectivity index (χ0n) is 9.29. The Morgan fingerprint density at radius 1 is 1.64 bits per heavy atom. The molecule has 0 amide bonds. The third-order valence-electron chi connectivity index (χ3n) is 2.29. The Hall–Kier alpha value is -0.540. The van der Waals surface area contributed by atoms with Crippen LogP contribution in [0.15, 0.2) is 12.3 Å². The van der Waals surface area contributed by atoms with Gasteiger partial charge in [-0.3, -0.25) is 4.90 Å². The lowest BCUT2D eigenvalue weighted by atomic mass is 10.3. The van der Waals surface area contributed by atoms with Crippen LogP contribution in [0.2, 0.25) is 0 Å². The monoisotopic (exact) mass is 199 g/mol. The number of rotatable bonds is 5. The van der Waals surface area contributed by atoms with Crippen LogP contribution in [0, 0.1) is 0 Å². The SMILES string of the molecule is C=C(C)OCCCN1CCOC(C)C1. The minimum Gasteiger partial charge on any atom is -0.499 e. The molecule has 0 aromatic carbocycles. The normalized spacial score (nSPS) is 23.4. The van der Waals surface area contributed by atoms with Gasteiger partial charge in [-0.2, -0.15) is 0 Å². The molecular formula is C11H21NO2. The van der Waals surface area contributed by atoms with E-state index in [4.69, 9.17) is 9.47 Å². The topological polar surface area (TPSA) is 21.7 Å². The summed E-state index contributed by atoms with van der Waals surface area (Å²) in [6.07, 6.45) is 1.45. The second-order valence-electron chi connectivity index (χ2n) is 3.89. The Kier molecular flexibility index (Phi) is 4.98. The molecule has 14 heavy (non-hydrogen) atoms. The highest BCUT2D eigenvalue weighted by Gasteiger charge is 2.15. The predicted octanol–water partition coefficient (Wildman–Crippen LogP) is 1.65. The average Bonchev–Trinajstić information content (AvgIpc) is 2.12. The summed E-state index contributed by atoms with van der Waals surface area (Å²) in [6.45, 7) is 12.5. The van der Waals surface area contributed by atoms with Crippen LogP contribution >= 0.6 is 0 Å². The molecule has 0 bridgehead atoms. The first-order chi connectivity index (χ1) is 6.68. The molecule has 3 nitrogen and oxygen atoms in total. The van der Waals surface area contributed by atoms with Crippen LogP contribution in [0.1, 0.15) is 20.3 Å². The highest BCUT2D eigenvalue weighted by molar-refractivity contribution is 4.73. The van der Waals surface area contributed by atoms with Gasteiger partial charge in [0.2, 0.25) is 0 Å². The van der Waals surface area contributed by atoms with Crippen LogP contribution in [-0.4, -0.2) is 43.9 Å². The number of hydrogen-bond donors (Lipinski definition) is 0. The second-order valence-corrected chi connectivity index (χ2v) is 3.89. The second kappa shape index (κ2) is 6.04. The fraction of sp³-hybridized carbons (Fsp3) is 0.818. The minimum atomic E-state index is 0.380. The molecule has 1 aliphatic rings. The molecule has 0 spiro atoms. The summed E-state index contributed by atoms with van der Waals surface area (Å²) < 4.78 is 10.8. The molecular weight excluding hydrogens is 178 g/mol. The lowest BCUT2D eigenvalue weighted by Gasteiger charge is -2.30. The van der Waals surface area contributed by atoms with Gasteiger partial charge in [-0.1, -0.05) is 6.58 Å². The van der Waals surface area contributed by atoms with Gasteiger partial charge in [-0.25, -0.2) is 0 Å². The number of ether oxygens (including phenoxy) is 2. The molecule has 1 unspecified atom stereocenters. The molecule has 0 radical (unpaired) electrons. The summed E-state index contributed by atoms with van der Waals surface area (Å²) in [6, 6.07) is 0. The van der Waals surface area contributed by atoms with E-state index in [1.54, 1.807) is 0 Å². The van der Waals surface area contributed by atoms with Crippen molar-refractivity contribution in [2.24, 2.45) is 0 Å². The van der Waals surface area contributed by atoms with Crippen molar-refractivity contribution in [3.05, 3.63) is 12.3 Å². The van der Waals surface area contributed by atoms with Gasteiger partial charge in [-0.15, -0.1) is 0 Å². The van der Waals surface area contributed by atoms with E-state index in [0.717, 1.165) is 45.0 Å². The summed E-state index contributed by atoms with van der Waals surface area (Å²) in [5.74, 6) is 0.806. The van der Waals surface area contributed by atoms with Gasteiger partial charge in [0, 0.05) is 19.6 Å². The lowest BCUT2D eigenvalue weighted by Crippen LogP contribution is -2.41. The molecule has 0 aromatic heterocycles. The summed E-state index contributed by atoms with van der Waals surface area (Å²) in [5.41, 5.74) is 0. The van der Waals surface area contributed by atoms with Crippen LogP contribution in [0.5, 0.6) is 0 Å². The number of morpholine rings is 1. The van der Waals surface area contributed by atoms with E-state index in [1.807, 2.05) is 6.92 Å². The highest BCUT2D eigenvalue weighted by Crippen LogP contribution is 2.05. The molecule has 1 fully saturated rings. The maximum absolute atomic E-state index is 5.47. The Morgan fingerprint density at radius 3 is 3.07 bits per heavy atom. The lowest BCUT2D eigenvalue weighted by molar-refractivity contribution is -0.0199. The first-order valence-corrected chi connectivity index (χ1v) is 5.31. The van der Waals surface area contributed by atoms with Crippen LogP contribution in [0.4, 0.5) is 0 Å². The molecule has 82 valence electrons. The maximum atomic E-state index is 5.47. The van der Waals surface area contributed by atoms with Gasteiger partial charge in [-0.05, 0) is 20.3 Å². The largest absolute Gasteiger partial charge is 0.499 e. The Balaban J connectivity index is 2.03. The number of allylic oxidation sites excluding steroid dienone is 1. The van der Waals surface area contributed by atoms with E-state index >= 15 is 0 Å². The quantitative estimate of drug-likeness (QED) is 0.496. The van der Waals surface area contributed by atoms with E-state index in [9.17, 15) is 0 Å². The van der Waals surface area contributed by atoms with Crippen molar-refractivity contribution in [1.82, 2.24) is 4.90 Å². The van der Waals surface area contributed by atoms with Crippen LogP contribution in [0.3, 0.4) is 0 Å². The van der Waals surface area contributed by atoms with Gasteiger partial charge < -0.3 is 9.47 Å². The third kappa shape index (κ3) is 4.63. The molecule has 1 saturated heterocycles. The molecule has 1 aliphatic heterocycles.